The minimum absolute atomic E-state index is 0.0556. The number of rotatable bonds is 4. The molecular weight excluding hydrogens is 308 g/mol. The monoisotopic (exact) mass is 316 g/mol. The molecule has 0 bridgehead atoms. The first kappa shape index (κ1) is 13.9. The van der Waals surface area contributed by atoms with Crippen LogP contribution in [0.2, 0.25) is 0 Å². The number of aromatic carboxylic acids is 1. The average Bonchev–Trinajstić information content (AvgIpc) is 3.16. The molecule has 0 atom stereocenters. The Morgan fingerprint density at radius 2 is 2.00 bits per heavy atom. The van der Waals surface area contributed by atoms with E-state index in [1.54, 1.807) is 12.1 Å². The number of carbonyl (C=O) groups is 1. The highest BCUT2D eigenvalue weighted by atomic mass is 32.1. The molecule has 8 nitrogen and oxygen atoms in total. The molecule has 1 N–H and O–H groups in total. The molecule has 3 rings (SSSR count). The van der Waals surface area contributed by atoms with Crippen LogP contribution in [0.1, 0.15) is 10.5 Å². The minimum atomic E-state index is -1.18. The fourth-order valence-corrected chi connectivity index (χ4v) is 2.71. The van der Waals surface area contributed by atoms with E-state index < -0.39 is 10.9 Å². The normalized spacial score (nSPS) is 10.5. The number of carboxylic acids is 1. The molecular formula is C13H8N4O4S. The summed E-state index contributed by atoms with van der Waals surface area (Å²) in [5, 5.41) is 29.3. The number of nitro benzene ring substituents is 1. The molecule has 0 unspecified atom stereocenters. The zero-order valence-electron chi connectivity index (χ0n) is 10.9. The molecule has 2 aromatic heterocycles. The van der Waals surface area contributed by atoms with Gasteiger partial charge in [0.2, 0.25) is 0 Å². The van der Waals surface area contributed by atoms with Crippen molar-refractivity contribution >= 4 is 23.0 Å². The number of nitrogens with zero attached hydrogens (tertiary/aromatic N) is 4. The highest BCUT2D eigenvalue weighted by Gasteiger charge is 2.22. The molecule has 22 heavy (non-hydrogen) atoms. The van der Waals surface area contributed by atoms with Crippen molar-refractivity contribution in [2.45, 2.75) is 0 Å². The molecule has 3 aromatic rings. The summed E-state index contributed by atoms with van der Waals surface area (Å²) in [4.78, 5) is 22.2. The molecule has 0 aliphatic rings. The van der Waals surface area contributed by atoms with Crippen molar-refractivity contribution in [3.63, 3.8) is 0 Å². The van der Waals surface area contributed by atoms with Gasteiger partial charge in [-0.15, -0.1) is 16.4 Å². The number of hydrogen-bond donors (Lipinski definition) is 1. The number of carboxylic acid groups (broad SMARTS) is 1. The Kier molecular flexibility index (Phi) is 3.39. The molecule has 0 saturated carbocycles. The first-order chi connectivity index (χ1) is 10.6. The number of non-ortho nitro benzene ring substituents is 1. The fourth-order valence-electron chi connectivity index (χ4n) is 1.96. The van der Waals surface area contributed by atoms with Gasteiger partial charge in [-0.2, -0.15) is 0 Å². The smallest absolute Gasteiger partial charge is 0.358 e. The van der Waals surface area contributed by atoms with Crippen molar-refractivity contribution in [2.24, 2.45) is 0 Å². The van der Waals surface area contributed by atoms with Gasteiger partial charge in [-0.1, -0.05) is 11.3 Å². The molecule has 0 radical (unpaired) electrons. The lowest BCUT2D eigenvalue weighted by atomic mass is 10.2. The van der Waals surface area contributed by atoms with Gasteiger partial charge in [-0.3, -0.25) is 10.1 Å². The number of nitro groups is 1. The summed E-state index contributed by atoms with van der Waals surface area (Å²) in [6, 6.07) is 9.20. The van der Waals surface area contributed by atoms with Crippen LogP contribution in [-0.4, -0.2) is 31.0 Å². The Hall–Kier alpha value is -3.07. The van der Waals surface area contributed by atoms with Gasteiger partial charge < -0.3 is 5.11 Å². The maximum absolute atomic E-state index is 11.3. The first-order valence-electron chi connectivity index (χ1n) is 6.05. The summed E-state index contributed by atoms with van der Waals surface area (Å²) in [7, 11) is 0. The average molecular weight is 316 g/mol. The third-order valence-electron chi connectivity index (χ3n) is 2.93. The van der Waals surface area contributed by atoms with Crippen LogP contribution in [0.5, 0.6) is 0 Å². The largest absolute Gasteiger partial charge is 0.476 e. The lowest BCUT2D eigenvalue weighted by Crippen LogP contribution is -2.02. The molecule has 0 spiro atoms. The Morgan fingerprint density at radius 3 is 2.55 bits per heavy atom. The van der Waals surface area contributed by atoms with Crippen molar-refractivity contribution in [2.75, 3.05) is 0 Å². The highest BCUT2D eigenvalue weighted by Crippen LogP contribution is 2.29. The molecule has 0 amide bonds. The van der Waals surface area contributed by atoms with Crippen LogP contribution < -0.4 is 0 Å². The SMILES string of the molecule is O=C(O)c1nnn(-c2ccc([N+](=O)[O-])cc2)c1-c1cccs1. The van der Waals surface area contributed by atoms with E-state index in [9.17, 15) is 20.0 Å². The van der Waals surface area contributed by atoms with Crippen LogP contribution >= 0.6 is 11.3 Å². The fraction of sp³-hybridized carbons (Fsp3) is 0. The third-order valence-corrected chi connectivity index (χ3v) is 3.81. The first-order valence-corrected chi connectivity index (χ1v) is 6.93. The van der Waals surface area contributed by atoms with Crippen molar-refractivity contribution in [3.05, 3.63) is 57.6 Å². The zero-order chi connectivity index (χ0) is 15.7. The second-order valence-corrected chi connectivity index (χ2v) is 5.20. The van der Waals surface area contributed by atoms with Gasteiger partial charge in [0, 0.05) is 12.1 Å². The zero-order valence-corrected chi connectivity index (χ0v) is 11.7. The molecule has 1 aromatic carbocycles. The number of aromatic nitrogens is 3. The van der Waals surface area contributed by atoms with Gasteiger partial charge in [0.05, 0.1) is 15.5 Å². The van der Waals surface area contributed by atoms with Gasteiger partial charge >= 0.3 is 5.97 Å². The molecule has 0 saturated heterocycles. The van der Waals surface area contributed by atoms with Gasteiger partial charge in [0.25, 0.3) is 5.69 Å². The topological polar surface area (TPSA) is 111 Å². The van der Waals surface area contributed by atoms with E-state index >= 15 is 0 Å². The number of hydrogen-bond acceptors (Lipinski definition) is 6. The second-order valence-electron chi connectivity index (χ2n) is 4.25. The van der Waals surface area contributed by atoms with Crippen LogP contribution in [0.25, 0.3) is 16.3 Å². The predicted octanol–water partition coefficient (Wildman–Crippen LogP) is 2.60. The molecule has 9 heteroatoms. The van der Waals surface area contributed by atoms with E-state index in [1.807, 2.05) is 5.38 Å². The standard InChI is InChI=1S/C13H8N4O4S/c18-13(19)11-12(10-2-1-7-22-10)16(15-14-11)8-3-5-9(6-4-8)17(20)21/h1-7H,(H,18,19). The van der Waals surface area contributed by atoms with Gasteiger partial charge in [0.15, 0.2) is 5.69 Å². The lowest BCUT2D eigenvalue weighted by molar-refractivity contribution is -0.384. The third kappa shape index (κ3) is 2.33. The Balaban J connectivity index is 2.15. The maximum Gasteiger partial charge on any atom is 0.358 e. The van der Waals surface area contributed by atoms with E-state index in [2.05, 4.69) is 10.3 Å². The molecule has 2 heterocycles. The van der Waals surface area contributed by atoms with Crippen molar-refractivity contribution < 1.29 is 14.8 Å². The molecule has 0 fully saturated rings. The summed E-state index contributed by atoms with van der Waals surface area (Å²) >= 11 is 1.36. The quantitative estimate of drug-likeness (QED) is 0.585. The lowest BCUT2D eigenvalue weighted by Gasteiger charge is -2.05. The summed E-state index contributed by atoms with van der Waals surface area (Å²) in [6.07, 6.45) is 0. The maximum atomic E-state index is 11.3. The highest BCUT2D eigenvalue weighted by molar-refractivity contribution is 7.13. The summed E-state index contributed by atoms with van der Waals surface area (Å²) in [6.45, 7) is 0. The Labute approximate surface area is 127 Å². The van der Waals surface area contributed by atoms with Crippen LogP contribution in [0.4, 0.5) is 5.69 Å². The van der Waals surface area contributed by atoms with E-state index in [0.717, 1.165) is 0 Å². The van der Waals surface area contributed by atoms with Crippen molar-refractivity contribution in [3.8, 4) is 16.3 Å². The molecule has 110 valence electrons. The van der Waals surface area contributed by atoms with Crippen molar-refractivity contribution in [1.29, 1.82) is 0 Å². The van der Waals surface area contributed by atoms with E-state index in [1.165, 1.54) is 40.3 Å². The van der Waals surface area contributed by atoms with Gasteiger partial charge in [-0.05, 0) is 23.6 Å². The number of thiophene rings is 1. The minimum Gasteiger partial charge on any atom is -0.476 e. The predicted molar refractivity (Wildman–Crippen MR) is 78.3 cm³/mol. The van der Waals surface area contributed by atoms with Crippen LogP contribution in [0.3, 0.4) is 0 Å². The van der Waals surface area contributed by atoms with Gasteiger partial charge in [-0.25, -0.2) is 9.48 Å². The van der Waals surface area contributed by atoms with Crippen LogP contribution in [0.15, 0.2) is 41.8 Å². The van der Waals surface area contributed by atoms with Crippen LogP contribution in [0, 0.1) is 10.1 Å². The van der Waals surface area contributed by atoms with Crippen molar-refractivity contribution in [1.82, 2.24) is 15.0 Å². The Morgan fingerprint density at radius 1 is 1.27 bits per heavy atom. The van der Waals surface area contributed by atoms with Crippen LogP contribution in [-0.2, 0) is 0 Å². The number of benzene rings is 1. The van der Waals surface area contributed by atoms with E-state index in [0.29, 0.717) is 16.3 Å². The molecule has 0 aliphatic heterocycles. The summed E-state index contributed by atoms with van der Waals surface area (Å²) in [5.74, 6) is -1.18. The summed E-state index contributed by atoms with van der Waals surface area (Å²) < 4.78 is 1.36. The molecule has 0 aliphatic carbocycles. The van der Waals surface area contributed by atoms with E-state index in [-0.39, 0.29) is 11.4 Å². The second kappa shape index (κ2) is 5.37. The summed E-state index contributed by atoms with van der Waals surface area (Å²) in [5.41, 5.74) is 0.617. The van der Waals surface area contributed by atoms with Gasteiger partial charge in [0.1, 0.15) is 5.69 Å². The Bertz CT molecular complexity index is 840. The van der Waals surface area contributed by atoms with E-state index in [4.69, 9.17) is 0 Å².